The molecule has 3 rings (SSSR count). The van der Waals surface area contributed by atoms with Gasteiger partial charge in [-0.15, -0.1) is 0 Å². The van der Waals surface area contributed by atoms with E-state index in [1.807, 2.05) is 0 Å². The molecule has 0 aliphatic carbocycles. The van der Waals surface area contributed by atoms with Crippen LogP contribution in [0.4, 0.5) is 13.2 Å². The van der Waals surface area contributed by atoms with Gasteiger partial charge in [-0.25, -0.2) is 9.59 Å². The molecule has 29 heavy (non-hydrogen) atoms. The van der Waals surface area contributed by atoms with Crippen molar-refractivity contribution in [3.8, 4) is 0 Å². The van der Waals surface area contributed by atoms with E-state index < -0.39 is 31.6 Å². The van der Waals surface area contributed by atoms with Gasteiger partial charge in [-0.1, -0.05) is 36.4 Å². The van der Waals surface area contributed by atoms with Crippen molar-refractivity contribution in [3.63, 3.8) is 0 Å². The third kappa shape index (κ3) is 4.63. The fourth-order valence-corrected chi connectivity index (χ4v) is 4.99. The van der Waals surface area contributed by atoms with Gasteiger partial charge in [0, 0.05) is 0 Å². The van der Waals surface area contributed by atoms with Gasteiger partial charge in [0.25, 0.3) is 0 Å². The fraction of sp³-hybridized carbons (Fsp3) is 0.0476. The van der Waals surface area contributed by atoms with Crippen molar-refractivity contribution in [1.82, 2.24) is 0 Å². The van der Waals surface area contributed by atoms with Crippen molar-refractivity contribution in [2.45, 2.75) is 6.18 Å². The Morgan fingerprint density at radius 2 is 0.931 bits per heavy atom. The second kappa shape index (κ2) is 8.05. The maximum atomic E-state index is 12.9. The maximum absolute atomic E-state index is 12.9. The molecule has 3 aromatic carbocycles. The van der Waals surface area contributed by atoms with Crippen LogP contribution in [0.15, 0.2) is 72.8 Å². The highest BCUT2D eigenvalue weighted by molar-refractivity contribution is 7.79. The topological polar surface area (TPSA) is 74.6 Å². The number of rotatable bonds is 5. The third-order valence-corrected chi connectivity index (χ3v) is 6.64. The molecule has 0 saturated heterocycles. The van der Waals surface area contributed by atoms with E-state index in [4.69, 9.17) is 10.2 Å². The number of carboxylic acid groups (broad SMARTS) is 2. The van der Waals surface area contributed by atoms with Crippen LogP contribution in [0.2, 0.25) is 0 Å². The van der Waals surface area contributed by atoms with E-state index in [2.05, 4.69) is 0 Å². The first-order chi connectivity index (χ1) is 13.7. The van der Waals surface area contributed by atoms with E-state index >= 15 is 0 Å². The summed E-state index contributed by atoms with van der Waals surface area (Å²) in [5.41, 5.74) is -0.576. The Bertz CT molecular complexity index is 970. The number of benzene rings is 3. The molecule has 0 unspecified atom stereocenters. The van der Waals surface area contributed by atoms with Crippen LogP contribution in [-0.4, -0.2) is 22.2 Å². The van der Waals surface area contributed by atoms with Crippen LogP contribution in [0.3, 0.4) is 0 Å². The van der Waals surface area contributed by atoms with Gasteiger partial charge in [-0.2, -0.15) is 13.2 Å². The first-order valence-corrected chi connectivity index (χ1v) is 9.65. The van der Waals surface area contributed by atoms with Gasteiger partial charge >= 0.3 is 18.1 Å². The molecule has 8 heteroatoms. The minimum Gasteiger partial charge on any atom is -0.478 e. The summed E-state index contributed by atoms with van der Waals surface area (Å²) in [5, 5.41) is 20.2. The third-order valence-electron chi connectivity index (χ3n) is 4.20. The van der Waals surface area contributed by atoms with E-state index in [-0.39, 0.29) is 11.1 Å². The minimum atomic E-state index is -4.45. The number of hydrogen-bond donors (Lipinski definition) is 2. The predicted molar refractivity (Wildman–Crippen MR) is 104 cm³/mol. The van der Waals surface area contributed by atoms with E-state index in [1.54, 1.807) is 24.3 Å². The van der Waals surface area contributed by atoms with Crippen molar-refractivity contribution in [3.05, 3.63) is 89.5 Å². The van der Waals surface area contributed by atoms with Gasteiger partial charge in [-0.05, 0) is 60.2 Å². The van der Waals surface area contributed by atoms with Gasteiger partial charge in [0.05, 0.1) is 16.7 Å². The quantitative estimate of drug-likeness (QED) is 0.618. The molecule has 148 valence electrons. The second-order valence-electron chi connectivity index (χ2n) is 6.08. The lowest BCUT2D eigenvalue weighted by Crippen LogP contribution is -2.21. The smallest absolute Gasteiger partial charge is 0.416 e. The van der Waals surface area contributed by atoms with Crippen LogP contribution >= 0.6 is 7.92 Å². The van der Waals surface area contributed by atoms with Gasteiger partial charge in [0.1, 0.15) is 0 Å². The monoisotopic (exact) mass is 418 g/mol. The van der Waals surface area contributed by atoms with E-state index in [0.717, 1.165) is 22.7 Å². The van der Waals surface area contributed by atoms with Crippen LogP contribution in [0.25, 0.3) is 0 Å². The molecule has 0 fully saturated rings. The molecule has 0 radical (unpaired) electrons. The van der Waals surface area contributed by atoms with Crippen molar-refractivity contribution in [2.24, 2.45) is 0 Å². The largest absolute Gasteiger partial charge is 0.478 e. The molecule has 0 bridgehead atoms. The first-order valence-electron chi connectivity index (χ1n) is 8.31. The number of alkyl halides is 3. The molecule has 2 N–H and O–H groups in total. The van der Waals surface area contributed by atoms with Gasteiger partial charge in [0.15, 0.2) is 0 Å². The molecule has 0 heterocycles. The maximum Gasteiger partial charge on any atom is 0.416 e. The Kier molecular flexibility index (Phi) is 5.71. The van der Waals surface area contributed by atoms with Crippen LogP contribution < -0.4 is 15.9 Å². The number of aromatic carboxylic acids is 2. The van der Waals surface area contributed by atoms with Crippen LogP contribution in [-0.2, 0) is 6.18 Å². The number of halogens is 3. The highest BCUT2D eigenvalue weighted by atomic mass is 31.1. The van der Waals surface area contributed by atoms with Crippen LogP contribution in [0.1, 0.15) is 26.3 Å². The summed E-state index contributed by atoms with van der Waals surface area (Å²) in [5.74, 6) is -2.16. The standard InChI is InChI=1S/C21H14F3O4P/c22-21(23,24)15-5-11-18(12-6-15)29(16-7-1-13(2-8-16)19(25)26)17-9-3-14(4-10-17)20(27)28/h1-12H,(H,25,26)(H,27,28). The van der Waals surface area contributed by atoms with Gasteiger partial charge in [0.2, 0.25) is 0 Å². The Morgan fingerprint density at radius 1 is 0.621 bits per heavy atom. The molecule has 0 spiro atoms. The van der Waals surface area contributed by atoms with Crippen LogP contribution in [0.5, 0.6) is 0 Å². The van der Waals surface area contributed by atoms with Crippen molar-refractivity contribution in [2.75, 3.05) is 0 Å². The molecule has 0 aromatic heterocycles. The Labute approximate surface area is 165 Å². The number of carboxylic acids is 2. The lowest BCUT2D eigenvalue weighted by atomic mass is 10.2. The normalized spacial score (nSPS) is 11.4. The Hall–Kier alpha value is -3.18. The van der Waals surface area contributed by atoms with E-state index in [0.29, 0.717) is 5.30 Å². The Morgan fingerprint density at radius 3 is 1.21 bits per heavy atom. The Balaban J connectivity index is 2.08. The second-order valence-corrected chi connectivity index (χ2v) is 8.30. The highest BCUT2D eigenvalue weighted by Gasteiger charge is 2.30. The lowest BCUT2D eigenvalue weighted by Gasteiger charge is -2.20. The summed E-state index contributed by atoms with van der Waals surface area (Å²) < 4.78 is 38.7. The summed E-state index contributed by atoms with van der Waals surface area (Å²) in [6.07, 6.45) is -4.45. The summed E-state index contributed by atoms with van der Waals surface area (Å²) in [7, 11) is -1.31. The molecule has 0 saturated carbocycles. The van der Waals surface area contributed by atoms with E-state index in [1.165, 1.54) is 36.4 Å². The van der Waals surface area contributed by atoms with Gasteiger partial charge in [-0.3, -0.25) is 0 Å². The summed E-state index contributed by atoms with van der Waals surface area (Å²) in [6, 6.07) is 17.0. The average molecular weight is 418 g/mol. The first kappa shape index (κ1) is 20.6. The lowest BCUT2D eigenvalue weighted by molar-refractivity contribution is -0.137. The zero-order valence-corrected chi connectivity index (χ0v) is 15.6. The molecular weight excluding hydrogens is 404 g/mol. The van der Waals surface area contributed by atoms with Crippen molar-refractivity contribution < 1.29 is 33.0 Å². The summed E-state index contributed by atoms with van der Waals surface area (Å²) in [4.78, 5) is 22.2. The average Bonchev–Trinajstić information content (AvgIpc) is 2.69. The number of carbonyl (C=O) groups is 2. The SMILES string of the molecule is O=C(O)c1ccc(P(c2ccc(C(=O)O)cc2)c2ccc(C(F)(F)F)cc2)cc1. The summed E-state index contributed by atoms with van der Waals surface area (Å²) >= 11 is 0. The molecule has 0 atom stereocenters. The fourth-order valence-electron chi connectivity index (χ4n) is 2.75. The molecule has 0 amide bonds. The van der Waals surface area contributed by atoms with Crippen LogP contribution in [0, 0.1) is 0 Å². The predicted octanol–water partition coefficient (Wildman–Crippen LogP) is 3.86. The minimum absolute atomic E-state index is 0.0948. The molecule has 3 aromatic rings. The number of hydrogen-bond acceptors (Lipinski definition) is 2. The highest BCUT2D eigenvalue weighted by Crippen LogP contribution is 2.35. The van der Waals surface area contributed by atoms with Crippen molar-refractivity contribution >= 4 is 35.8 Å². The zero-order valence-electron chi connectivity index (χ0n) is 14.7. The zero-order chi connectivity index (χ0) is 21.2. The summed E-state index contributed by atoms with van der Waals surface area (Å²) in [6.45, 7) is 0. The molecule has 4 nitrogen and oxygen atoms in total. The molecule has 0 aliphatic heterocycles. The molecule has 0 aliphatic rings. The van der Waals surface area contributed by atoms with Gasteiger partial charge < -0.3 is 10.2 Å². The van der Waals surface area contributed by atoms with Crippen molar-refractivity contribution in [1.29, 1.82) is 0 Å². The molecular formula is C21H14F3O4P. The van der Waals surface area contributed by atoms with E-state index in [9.17, 15) is 22.8 Å².